The van der Waals surface area contributed by atoms with Crippen molar-refractivity contribution in [2.24, 2.45) is 11.7 Å². The highest BCUT2D eigenvalue weighted by Gasteiger charge is 2.29. The first-order chi connectivity index (χ1) is 8.00. The molecule has 1 fully saturated rings. The summed E-state index contributed by atoms with van der Waals surface area (Å²) in [7, 11) is 0. The van der Waals surface area contributed by atoms with Crippen LogP contribution in [0.3, 0.4) is 0 Å². The van der Waals surface area contributed by atoms with Crippen molar-refractivity contribution in [3.05, 3.63) is 33.6 Å². The van der Waals surface area contributed by atoms with E-state index in [0.29, 0.717) is 6.07 Å². The molecule has 5 nitrogen and oxygen atoms in total. The van der Waals surface area contributed by atoms with E-state index in [1.807, 2.05) is 0 Å². The number of benzene rings is 1. The van der Waals surface area contributed by atoms with E-state index < -0.39 is 22.5 Å². The van der Waals surface area contributed by atoms with Gasteiger partial charge in [0.25, 0.3) is 5.69 Å². The Morgan fingerprint density at radius 2 is 2.18 bits per heavy atom. The highest BCUT2D eigenvalue weighted by atomic mass is 19.1. The highest BCUT2D eigenvalue weighted by Crippen LogP contribution is 2.40. The maximum absolute atomic E-state index is 13.3. The molecular formula is C11H13FN2O3. The fraction of sp³-hybridized carbons (Fsp3) is 0.455. The number of hydrogen-bond donors (Lipinski definition) is 2. The third-order valence-corrected chi connectivity index (χ3v) is 3.31. The van der Waals surface area contributed by atoms with Crippen molar-refractivity contribution in [3.63, 3.8) is 0 Å². The lowest BCUT2D eigenvalue weighted by atomic mass is 9.77. The molecule has 2 rings (SSSR count). The van der Waals surface area contributed by atoms with Gasteiger partial charge in [0.05, 0.1) is 11.0 Å². The van der Waals surface area contributed by atoms with E-state index in [4.69, 9.17) is 5.73 Å². The van der Waals surface area contributed by atoms with Crippen LogP contribution in [0.5, 0.6) is 5.75 Å². The van der Waals surface area contributed by atoms with Crippen molar-refractivity contribution in [1.82, 2.24) is 0 Å². The van der Waals surface area contributed by atoms with Crippen molar-refractivity contribution in [3.8, 4) is 5.75 Å². The second kappa shape index (κ2) is 4.29. The summed E-state index contributed by atoms with van der Waals surface area (Å²) >= 11 is 0. The van der Waals surface area contributed by atoms with Crippen LogP contribution >= 0.6 is 0 Å². The number of hydrogen-bond acceptors (Lipinski definition) is 4. The van der Waals surface area contributed by atoms with Gasteiger partial charge >= 0.3 is 0 Å². The summed E-state index contributed by atoms with van der Waals surface area (Å²) in [4.78, 5) is 9.91. The third-order valence-electron chi connectivity index (χ3n) is 3.31. The minimum absolute atomic E-state index is 0.126. The average Bonchev–Trinajstić information content (AvgIpc) is 2.18. The Balaban J connectivity index is 2.40. The van der Waals surface area contributed by atoms with Crippen LogP contribution in [0.15, 0.2) is 12.1 Å². The summed E-state index contributed by atoms with van der Waals surface area (Å²) in [6.45, 7) is 0. The van der Waals surface area contributed by atoms with Crippen LogP contribution in [0.25, 0.3) is 0 Å². The molecular weight excluding hydrogens is 227 g/mol. The zero-order valence-electron chi connectivity index (χ0n) is 9.10. The van der Waals surface area contributed by atoms with E-state index in [2.05, 4.69) is 0 Å². The highest BCUT2D eigenvalue weighted by molar-refractivity contribution is 5.46. The number of nitro benzene ring substituents is 1. The predicted molar refractivity (Wildman–Crippen MR) is 59.0 cm³/mol. The smallest absolute Gasteiger partial charge is 0.272 e. The second-order valence-corrected chi connectivity index (χ2v) is 4.34. The molecule has 1 aromatic rings. The number of non-ortho nitro benzene ring substituents is 1. The van der Waals surface area contributed by atoms with Gasteiger partial charge in [0.1, 0.15) is 0 Å². The first-order valence-electron chi connectivity index (χ1n) is 5.43. The Morgan fingerprint density at radius 3 is 2.65 bits per heavy atom. The topological polar surface area (TPSA) is 89.4 Å². The summed E-state index contributed by atoms with van der Waals surface area (Å²) in [6, 6.07) is 1.31. The van der Waals surface area contributed by atoms with Crippen LogP contribution < -0.4 is 5.73 Å². The quantitative estimate of drug-likeness (QED) is 0.626. The number of nitrogens with two attached hydrogens (primary N) is 1. The number of aromatic hydroxyl groups is 1. The Bertz CT molecular complexity index is 460. The molecule has 0 aromatic heterocycles. The van der Waals surface area contributed by atoms with Gasteiger partial charge in [-0.05, 0) is 18.8 Å². The van der Waals surface area contributed by atoms with E-state index in [9.17, 15) is 19.6 Å². The summed E-state index contributed by atoms with van der Waals surface area (Å²) in [6.07, 6.45) is 2.87. The lowest BCUT2D eigenvalue weighted by Crippen LogP contribution is -2.27. The van der Waals surface area contributed by atoms with Crippen LogP contribution in [-0.2, 0) is 0 Å². The fourth-order valence-corrected chi connectivity index (χ4v) is 2.02. The van der Waals surface area contributed by atoms with E-state index in [1.54, 1.807) is 0 Å². The fourth-order valence-electron chi connectivity index (χ4n) is 2.02. The van der Waals surface area contributed by atoms with Gasteiger partial charge in [-0.3, -0.25) is 10.1 Å². The number of halogens is 1. The molecule has 0 bridgehead atoms. The number of rotatable bonds is 3. The first kappa shape index (κ1) is 11.8. The molecule has 0 unspecified atom stereocenters. The average molecular weight is 240 g/mol. The predicted octanol–water partition coefficient (Wildman–Crippen LogP) is 2.24. The number of nitrogens with zero attached hydrogens (tertiary/aromatic N) is 1. The minimum Gasteiger partial charge on any atom is -0.505 e. The Kier molecular flexibility index (Phi) is 2.97. The SMILES string of the molecule is N[C@H](c1cc([N+](=O)[O-])cc(F)c1O)C1CCC1. The zero-order valence-corrected chi connectivity index (χ0v) is 9.10. The first-order valence-corrected chi connectivity index (χ1v) is 5.43. The van der Waals surface area contributed by atoms with Crippen molar-refractivity contribution in [2.75, 3.05) is 0 Å². The van der Waals surface area contributed by atoms with Gasteiger partial charge in [-0.2, -0.15) is 0 Å². The Hall–Kier alpha value is -1.69. The molecule has 1 aliphatic carbocycles. The van der Waals surface area contributed by atoms with Crippen LogP contribution in [-0.4, -0.2) is 10.0 Å². The Labute approximate surface area is 97.2 Å². The Morgan fingerprint density at radius 1 is 1.53 bits per heavy atom. The van der Waals surface area contributed by atoms with Crippen LogP contribution in [0.1, 0.15) is 30.9 Å². The van der Waals surface area contributed by atoms with Crippen molar-refractivity contribution >= 4 is 5.69 Å². The van der Waals surface area contributed by atoms with Crippen LogP contribution in [0.2, 0.25) is 0 Å². The lowest BCUT2D eigenvalue weighted by Gasteiger charge is -2.31. The molecule has 0 amide bonds. The molecule has 1 aliphatic rings. The maximum atomic E-state index is 13.3. The molecule has 3 N–H and O–H groups in total. The molecule has 17 heavy (non-hydrogen) atoms. The molecule has 0 aliphatic heterocycles. The number of phenols is 1. The monoisotopic (exact) mass is 240 g/mol. The summed E-state index contributed by atoms with van der Waals surface area (Å²) in [5, 5.41) is 20.2. The molecule has 0 heterocycles. The van der Waals surface area contributed by atoms with E-state index >= 15 is 0 Å². The third kappa shape index (κ3) is 2.08. The van der Waals surface area contributed by atoms with Gasteiger partial charge in [-0.25, -0.2) is 4.39 Å². The van der Waals surface area contributed by atoms with Gasteiger partial charge in [0.2, 0.25) is 0 Å². The van der Waals surface area contributed by atoms with Crippen molar-refractivity contribution in [2.45, 2.75) is 25.3 Å². The normalized spacial score (nSPS) is 17.5. The van der Waals surface area contributed by atoms with Crippen molar-refractivity contribution < 1.29 is 14.4 Å². The van der Waals surface area contributed by atoms with Gasteiger partial charge in [0, 0.05) is 17.7 Å². The van der Waals surface area contributed by atoms with E-state index in [1.165, 1.54) is 0 Å². The largest absolute Gasteiger partial charge is 0.505 e. The van der Waals surface area contributed by atoms with Crippen LogP contribution in [0.4, 0.5) is 10.1 Å². The van der Waals surface area contributed by atoms with E-state index in [-0.39, 0.29) is 17.2 Å². The maximum Gasteiger partial charge on any atom is 0.272 e. The summed E-state index contributed by atoms with van der Waals surface area (Å²) in [5.74, 6) is -1.40. The molecule has 1 saturated carbocycles. The van der Waals surface area contributed by atoms with Crippen molar-refractivity contribution in [1.29, 1.82) is 0 Å². The molecule has 0 radical (unpaired) electrons. The molecule has 92 valence electrons. The van der Waals surface area contributed by atoms with Gasteiger partial charge in [-0.15, -0.1) is 0 Å². The van der Waals surface area contributed by atoms with Gasteiger partial charge in [0.15, 0.2) is 11.6 Å². The van der Waals surface area contributed by atoms with Gasteiger partial charge < -0.3 is 10.8 Å². The second-order valence-electron chi connectivity index (χ2n) is 4.34. The molecule has 1 atom stereocenters. The number of phenolic OH excluding ortho intramolecular Hbond substituents is 1. The molecule has 6 heteroatoms. The van der Waals surface area contributed by atoms with E-state index in [0.717, 1.165) is 25.3 Å². The molecule has 0 spiro atoms. The van der Waals surface area contributed by atoms with Gasteiger partial charge in [-0.1, -0.05) is 6.42 Å². The summed E-state index contributed by atoms with van der Waals surface area (Å²) < 4.78 is 13.3. The minimum atomic E-state index is -0.996. The van der Waals surface area contributed by atoms with Crippen LogP contribution in [0, 0.1) is 21.8 Å². The standard InChI is InChI=1S/C11H13FN2O3/c12-9-5-7(14(16)17)4-8(11(9)15)10(13)6-2-1-3-6/h4-6,10,15H,1-3,13H2/t10-/m0/s1. The lowest BCUT2D eigenvalue weighted by molar-refractivity contribution is -0.385. The molecule has 1 aromatic carbocycles. The summed E-state index contributed by atoms with van der Waals surface area (Å²) in [5.41, 5.74) is 5.63. The molecule has 0 saturated heterocycles. The number of nitro groups is 1. The zero-order chi connectivity index (χ0) is 12.6.